The van der Waals surface area contributed by atoms with Crippen molar-refractivity contribution >= 4 is 35.0 Å². The fraction of sp³-hybridized carbons (Fsp3) is 0.367. The third-order valence-electron chi connectivity index (χ3n) is 8.27. The van der Waals surface area contributed by atoms with Crippen molar-refractivity contribution in [1.29, 1.82) is 0 Å². The minimum atomic E-state index is -4.84. The van der Waals surface area contributed by atoms with Gasteiger partial charge in [0, 0.05) is 38.6 Å². The zero-order valence-electron chi connectivity index (χ0n) is 25.4. The number of alkyl halides is 3. The van der Waals surface area contributed by atoms with Gasteiger partial charge in [0.2, 0.25) is 5.91 Å². The molecule has 18 heteroatoms. The summed E-state index contributed by atoms with van der Waals surface area (Å²) < 4.78 is 41.5. The molecule has 0 aliphatic carbocycles. The fourth-order valence-corrected chi connectivity index (χ4v) is 6.02. The molecule has 252 valence electrons. The third-order valence-corrected chi connectivity index (χ3v) is 8.59. The summed E-state index contributed by atoms with van der Waals surface area (Å²) in [7, 11) is 0. The molecule has 2 aliphatic heterocycles. The first-order valence-corrected chi connectivity index (χ1v) is 15.5. The number of hydrogen-bond acceptors (Lipinski definition) is 9. The molecule has 6 N–H and O–H groups in total. The van der Waals surface area contributed by atoms with Crippen LogP contribution in [0.3, 0.4) is 0 Å². The molecule has 1 aromatic carbocycles. The van der Waals surface area contributed by atoms with E-state index in [2.05, 4.69) is 40.8 Å². The topological polar surface area (TPSA) is 191 Å². The smallest absolute Gasteiger partial charge is 0.396 e. The van der Waals surface area contributed by atoms with E-state index in [1.165, 1.54) is 12.4 Å². The van der Waals surface area contributed by atoms with Crippen LogP contribution in [0.5, 0.6) is 0 Å². The molecule has 3 aromatic heterocycles. The largest absolute Gasteiger partial charge is 0.435 e. The molecule has 0 atom stereocenters. The van der Waals surface area contributed by atoms with E-state index >= 15 is 0 Å². The summed E-state index contributed by atoms with van der Waals surface area (Å²) in [5.74, 6) is -1.13. The number of aromatic nitrogens is 6. The number of halogens is 4. The number of carbonyl (C=O) groups excluding carboxylic acids is 3. The summed E-state index contributed by atoms with van der Waals surface area (Å²) >= 11 is 6.48. The Balaban J connectivity index is 1.08. The lowest BCUT2D eigenvalue weighted by Gasteiger charge is -2.37. The van der Waals surface area contributed by atoms with Crippen molar-refractivity contribution in [2.75, 3.05) is 45.0 Å². The van der Waals surface area contributed by atoms with E-state index in [0.29, 0.717) is 37.3 Å². The number of nitrogens with zero attached hydrogens (tertiary/aromatic N) is 6. The lowest BCUT2D eigenvalue weighted by atomic mass is 9.96. The molecule has 3 amide bonds. The number of nitrogen functional groups attached to an aromatic ring is 1. The molecule has 2 saturated heterocycles. The van der Waals surface area contributed by atoms with E-state index in [0.717, 1.165) is 32.1 Å². The number of aromatic amines is 2. The summed E-state index contributed by atoms with van der Waals surface area (Å²) in [6.45, 7) is 3.36. The van der Waals surface area contributed by atoms with Crippen LogP contribution in [-0.4, -0.2) is 96.9 Å². The maximum absolute atomic E-state index is 13.8. The average molecular weight is 686 g/mol. The maximum atomic E-state index is 13.8. The SMILES string of the molecule is Nc1cnc(-c2[nH]nc(C(F)(F)F)c2-c2cnc(C(=O)NCc3ccc(C(=O)N4CCN(C(=O)C5CCNCC5)CC4)c(Cl)c3)[nH]2)nc1. The van der Waals surface area contributed by atoms with E-state index < -0.39 is 23.3 Å². The second-order valence-corrected chi connectivity index (χ2v) is 11.9. The molecule has 2 aliphatic rings. The van der Waals surface area contributed by atoms with E-state index in [9.17, 15) is 27.6 Å². The molecule has 0 unspecified atom stereocenters. The number of hydrogen-bond donors (Lipinski definition) is 5. The van der Waals surface area contributed by atoms with Gasteiger partial charge in [0.05, 0.1) is 46.1 Å². The van der Waals surface area contributed by atoms with Crippen LogP contribution in [0.2, 0.25) is 5.02 Å². The van der Waals surface area contributed by atoms with Gasteiger partial charge in [0.1, 0.15) is 5.69 Å². The quantitative estimate of drug-likeness (QED) is 0.195. The highest BCUT2D eigenvalue weighted by atomic mass is 35.5. The first kappa shape index (κ1) is 32.9. The molecule has 48 heavy (non-hydrogen) atoms. The van der Waals surface area contributed by atoms with E-state index in [1.54, 1.807) is 23.1 Å². The molecule has 0 radical (unpaired) electrons. The Morgan fingerprint density at radius 3 is 2.35 bits per heavy atom. The molecule has 0 spiro atoms. The summed E-state index contributed by atoms with van der Waals surface area (Å²) in [5.41, 5.74) is 4.74. The van der Waals surface area contributed by atoms with E-state index in [1.807, 2.05) is 4.90 Å². The molecule has 2 fully saturated rings. The van der Waals surface area contributed by atoms with Gasteiger partial charge in [0.25, 0.3) is 11.8 Å². The highest BCUT2D eigenvalue weighted by Gasteiger charge is 2.40. The standard InChI is InChI=1S/C30H31ClF3N11O3/c31-20-11-16(1-2-19(20)29(48)45-9-7-44(8-10-45)28(47)17-3-5-36-6-4-17)12-40-27(46)26-39-15-21(41-26)22-23(25-37-13-18(35)14-38-25)42-43-24(22)30(32,33)34/h1-2,11,13-15,17,36H,3-10,12,35H2,(H,39,41)(H,40,46)(H,42,43). The van der Waals surface area contributed by atoms with Crippen LogP contribution in [0.15, 0.2) is 36.8 Å². The molecule has 4 aromatic rings. The number of piperazine rings is 1. The molecule has 5 heterocycles. The van der Waals surface area contributed by atoms with Crippen molar-refractivity contribution in [1.82, 2.24) is 50.6 Å². The predicted octanol–water partition coefficient (Wildman–Crippen LogP) is 2.73. The van der Waals surface area contributed by atoms with Crippen LogP contribution in [-0.2, 0) is 17.5 Å². The van der Waals surface area contributed by atoms with Crippen LogP contribution >= 0.6 is 11.6 Å². The van der Waals surface area contributed by atoms with Crippen molar-refractivity contribution < 1.29 is 27.6 Å². The highest BCUT2D eigenvalue weighted by molar-refractivity contribution is 6.33. The van der Waals surface area contributed by atoms with Gasteiger partial charge in [-0.05, 0) is 43.6 Å². The Bertz CT molecular complexity index is 1810. The normalized spacial score (nSPS) is 15.8. The number of imidazole rings is 1. The highest BCUT2D eigenvalue weighted by Crippen LogP contribution is 2.39. The zero-order chi connectivity index (χ0) is 34.0. The van der Waals surface area contributed by atoms with Gasteiger partial charge in [-0.25, -0.2) is 15.0 Å². The van der Waals surface area contributed by atoms with Crippen LogP contribution in [0, 0.1) is 5.92 Å². The van der Waals surface area contributed by atoms with Gasteiger partial charge in [-0.2, -0.15) is 18.3 Å². The van der Waals surface area contributed by atoms with Crippen molar-refractivity contribution in [3.63, 3.8) is 0 Å². The van der Waals surface area contributed by atoms with Crippen LogP contribution < -0.4 is 16.4 Å². The van der Waals surface area contributed by atoms with Crippen molar-refractivity contribution in [2.24, 2.45) is 5.92 Å². The lowest BCUT2D eigenvalue weighted by Crippen LogP contribution is -2.52. The maximum Gasteiger partial charge on any atom is 0.435 e. The van der Waals surface area contributed by atoms with Crippen LogP contribution in [0.4, 0.5) is 18.9 Å². The number of piperidine rings is 1. The number of rotatable bonds is 7. The summed E-state index contributed by atoms with van der Waals surface area (Å²) in [5, 5.41) is 11.8. The van der Waals surface area contributed by atoms with Crippen LogP contribution in [0.25, 0.3) is 22.8 Å². The van der Waals surface area contributed by atoms with Gasteiger partial charge in [-0.15, -0.1) is 0 Å². The minimum absolute atomic E-state index is 0.00936. The molecule has 0 saturated carbocycles. The second-order valence-electron chi connectivity index (χ2n) is 11.4. The van der Waals surface area contributed by atoms with Gasteiger partial charge < -0.3 is 31.2 Å². The number of benzene rings is 1. The minimum Gasteiger partial charge on any atom is -0.396 e. The number of H-pyrrole nitrogens is 2. The monoisotopic (exact) mass is 685 g/mol. The number of carbonyl (C=O) groups is 3. The molecular formula is C30H31ClF3N11O3. The number of amides is 3. The van der Waals surface area contributed by atoms with Crippen molar-refractivity contribution in [3.05, 3.63) is 64.5 Å². The Hall–Kier alpha value is -5.03. The van der Waals surface area contributed by atoms with Gasteiger partial charge in [-0.1, -0.05) is 17.7 Å². The molecule has 0 bridgehead atoms. The number of nitrogens with two attached hydrogens (primary N) is 1. The Kier molecular flexibility index (Phi) is 9.32. The first-order valence-electron chi connectivity index (χ1n) is 15.1. The van der Waals surface area contributed by atoms with Crippen molar-refractivity contribution in [2.45, 2.75) is 25.6 Å². The van der Waals surface area contributed by atoms with E-state index in [4.69, 9.17) is 17.3 Å². The fourth-order valence-electron chi connectivity index (χ4n) is 5.74. The summed E-state index contributed by atoms with van der Waals surface area (Å²) in [4.78, 5) is 57.0. The lowest BCUT2D eigenvalue weighted by molar-refractivity contribution is -0.140. The van der Waals surface area contributed by atoms with Crippen molar-refractivity contribution in [3.8, 4) is 22.8 Å². The summed E-state index contributed by atoms with van der Waals surface area (Å²) in [6, 6.07) is 4.77. The summed E-state index contributed by atoms with van der Waals surface area (Å²) in [6.07, 6.45) is 0.357. The van der Waals surface area contributed by atoms with Crippen LogP contribution in [0.1, 0.15) is 45.1 Å². The predicted molar refractivity (Wildman–Crippen MR) is 167 cm³/mol. The Morgan fingerprint density at radius 2 is 1.69 bits per heavy atom. The van der Waals surface area contributed by atoms with Gasteiger partial charge in [0.15, 0.2) is 17.3 Å². The Morgan fingerprint density at radius 1 is 1.00 bits per heavy atom. The first-order chi connectivity index (χ1) is 23.0. The second kappa shape index (κ2) is 13.6. The van der Waals surface area contributed by atoms with Gasteiger partial charge >= 0.3 is 6.18 Å². The molecular weight excluding hydrogens is 655 g/mol. The average Bonchev–Trinajstić information content (AvgIpc) is 3.76. The molecule has 6 rings (SSSR count). The van der Waals surface area contributed by atoms with E-state index in [-0.39, 0.29) is 58.0 Å². The zero-order valence-corrected chi connectivity index (χ0v) is 26.2. The third kappa shape index (κ3) is 6.96. The molecule has 14 nitrogen and oxygen atoms in total. The number of anilines is 1. The Labute approximate surface area is 276 Å². The van der Waals surface area contributed by atoms with Gasteiger partial charge in [-0.3, -0.25) is 19.5 Å². The number of nitrogens with one attached hydrogen (secondary N) is 4.